The van der Waals surface area contributed by atoms with Crippen molar-refractivity contribution < 1.29 is 4.79 Å². The highest BCUT2D eigenvalue weighted by Crippen LogP contribution is 2.58. The van der Waals surface area contributed by atoms with Crippen LogP contribution in [0.5, 0.6) is 0 Å². The molecule has 2 bridgehead atoms. The predicted octanol–water partition coefficient (Wildman–Crippen LogP) is 5.25. The molecule has 1 amide bonds. The molecule has 31 heavy (non-hydrogen) atoms. The van der Waals surface area contributed by atoms with Crippen molar-refractivity contribution >= 4 is 12.1 Å². The molecule has 0 radical (unpaired) electrons. The number of carbonyl (C=O) groups excluding carboxylic acids is 1. The van der Waals surface area contributed by atoms with E-state index in [0.717, 1.165) is 23.6 Å². The summed E-state index contributed by atoms with van der Waals surface area (Å²) in [5.74, 6) is 1.05. The van der Waals surface area contributed by atoms with Crippen molar-refractivity contribution in [3.8, 4) is 16.9 Å². The highest BCUT2D eigenvalue weighted by atomic mass is 16.2. The lowest BCUT2D eigenvalue weighted by Gasteiger charge is -2.55. The fraction of sp³-hybridized carbons (Fsp3) is 0.269. The van der Waals surface area contributed by atoms with E-state index in [1.807, 2.05) is 66.9 Å². The van der Waals surface area contributed by atoms with Crippen molar-refractivity contribution in [1.82, 2.24) is 15.2 Å². The van der Waals surface area contributed by atoms with Crippen LogP contribution in [-0.4, -0.2) is 21.9 Å². The second-order valence-corrected chi connectivity index (χ2v) is 8.98. The molecule has 6 rings (SSSR count). The van der Waals surface area contributed by atoms with Gasteiger partial charge in [-0.1, -0.05) is 68.5 Å². The minimum Gasteiger partial charge on any atom is -0.267 e. The number of hydrogen-bond acceptors (Lipinski definition) is 3. The van der Waals surface area contributed by atoms with Crippen LogP contribution in [0, 0.1) is 17.3 Å². The Morgan fingerprint density at radius 3 is 2.52 bits per heavy atom. The van der Waals surface area contributed by atoms with Gasteiger partial charge >= 0.3 is 0 Å². The third-order valence-corrected chi connectivity index (χ3v) is 6.92. The van der Waals surface area contributed by atoms with Gasteiger partial charge in [0, 0.05) is 11.8 Å². The molecular weight excluding hydrogens is 384 g/mol. The molecule has 2 aromatic carbocycles. The number of fused-ring (bicyclic) bond motifs is 1. The normalized spacial score (nSPS) is 21.4. The number of amides is 1. The smallest absolute Gasteiger partial charge is 0.267 e. The Morgan fingerprint density at radius 1 is 1.13 bits per heavy atom. The molecule has 0 aliphatic heterocycles. The minimum atomic E-state index is -0.264. The number of para-hydroxylation sites is 1. The number of hydrazone groups is 1. The number of rotatable bonds is 5. The fourth-order valence-corrected chi connectivity index (χ4v) is 4.83. The summed E-state index contributed by atoms with van der Waals surface area (Å²) >= 11 is 0. The molecular formula is C26H26N4O. The molecule has 5 nitrogen and oxygen atoms in total. The molecule has 0 spiro atoms. The molecule has 3 aromatic rings. The summed E-state index contributed by atoms with van der Waals surface area (Å²) in [6.07, 6.45) is 8.18. The Balaban J connectivity index is 1.40. The van der Waals surface area contributed by atoms with Gasteiger partial charge in [-0.3, -0.25) is 4.79 Å². The molecule has 0 saturated heterocycles. The number of allylic oxidation sites excluding steroid dienone is 2. The first-order valence-electron chi connectivity index (χ1n) is 10.8. The summed E-state index contributed by atoms with van der Waals surface area (Å²) in [7, 11) is 0. The number of nitrogens with zero attached hydrogens (tertiary/aromatic N) is 3. The van der Waals surface area contributed by atoms with Crippen LogP contribution in [-0.2, 0) is 0 Å². The Bertz CT molecular complexity index is 1160. The van der Waals surface area contributed by atoms with Gasteiger partial charge < -0.3 is 0 Å². The number of hydrogen-bond donors (Lipinski definition) is 1. The van der Waals surface area contributed by atoms with Gasteiger partial charge in [0.25, 0.3) is 5.91 Å². The number of nitrogens with one attached hydrogen (secondary N) is 1. The zero-order chi connectivity index (χ0) is 21.4. The van der Waals surface area contributed by atoms with Crippen LogP contribution in [0.25, 0.3) is 16.9 Å². The second-order valence-electron chi connectivity index (χ2n) is 8.98. The van der Waals surface area contributed by atoms with E-state index in [1.54, 1.807) is 10.9 Å². The first-order valence-corrected chi connectivity index (χ1v) is 10.8. The maximum Gasteiger partial charge on any atom is 0.275 e. The number of carbonyl (C=O) groups is 1. The molecule has 2 atom stereocenters. The molecule has 3 aliphatic carbocycles. The predicted molar refractivity (Wildman–Crippen MR) is 123 cm³/mol. The van der Waals surface area contributed by atoms with Gasteiger partial charge in [0.15, 0.2) is 0 Å². The van der Waals surface area contributed by atoms with Gasteiger partial charge in [0.1, 0.15) is 5.69 Å². The number of benzene rings is 2. The summed E-state index contributed by atoms with van der Waals surface area (Å²) in [4.78, 5) is 13.0. The van der Waals surface area contributed by atoms with Crippen molar-refractivity contribution in [3.63, 3.8) is 0 Å². The molecule has 156 valence electrons. The maximum absolute atomic E-state index is 13.0. The third-order valence-electron chi connectivity index (χ3n) is 6.92. The highest BCUT2D eigenvalue weighted by molar-refractivity contribution is 6.00. The maximum atomic E-state index is 13.0. The van der Waals surface area contributed by atoms with E-state index >= 15 is 0 Å². The van der Waals surface area contributed by atoms with Crippen molar-refractivity contribution in [2.75, 3.05) is 0 Å². The SMILES string of the molecule is CC1(C)C2CC=C(C=NNC(=O)c3cn(-c4ccccc4)nc3-c3ccccc3)C1C2. The van der Waals surface area contributed by atoms with Crippen LogP contribution >= 0.6 is 0 Å². The third kappa shape index (κ3) is 3.50. The molecule has 1 heterocycles. The van der Waals surface area contributed by atoms with Crippen LogP contribution in [0.2, 0.25) is 0 Å². The summed E-state index contributed by atoms with van der Waals surface area (Å²) in [5, 5.41) is 9.00. The van der Waals surface area contributed by atoms with Crippen LogP contribution in [0.1, 0.15) is 37.0 Å². The van der Waals surface area contributed by atoms with E-state index < -0.39 is 0 Å². The average molecular weight is 411 g/mol. The summed E-state index contributed by atoms with van der Waals surface area (Å²) < 4.78 is 1.74. The molecule has 1 fully saturated rings. The standard InChI is InChI=1S/C26H26N4O/c1-26(2)20-14-13-19(23(26)15-20)16-27-28-25(31)22-17-30(21-11-7-4-8-12-21)29-24(22)18-9-5-3-6-10-18/h3-13,16-17,20,23H,14-15H2,1-2H3,(H,28,31). The second kappa shape index (κ2) is 7.65. The van der Waals surface area contributed by atoms with Gasteiger partial charge in [-0.15, -0.1) is 0 Å². The molecule has 5 heteroatoms. The molecule has 1 aromatic heterocycles. The molecule has 2 unspecified atom stereocenters. The van der Waals surface area contributed by atoms with E-state index in [-0.39, 0.29) is 5.91 Å². The van der Waals surface area contributed by atoms with Crippen LogP contribution < -0.4 is 5.43 Å². The lowest BCUT2D eigenvalue weighted by atomic mass is 9.49. The fourth-order valence-electron chi connectivity index (χ4n) is 4.83. The van der Waals surface area contributed by atoms with Crippen LogP contribution in [0.4, 0.5) is 0 Å². The largest absolute Gasteiger partial charge is 0.275 e. The summed E-state index contributed by atoms with van der Waals surface area (Å²) in [6, 6.07) is 19.5. The van der Waals surface area contributed by atoms with Crippen molar-refractivity contribution in [2.24, 2.45) is 22.4 Å². The van der Waals surface area contributed by atoms with Crippen molar-refractivity contribution in [3.05, 3.63) is 84.1 Å². The van der Waals surface area contributed by atoms with Gasteiger partial charge in [-0.2, -0.15) is 10.2 Å². The monoisotopic (exact) mass is 410 g/mol. The average Bonchev–Trinajstić information content (AvgIpc) is 3.26. The van der Waals surface area contributed by atoms with E-state index in [0.29, 0.717) is 22.6 Å². The van der Waals surface area contributed by atoms with Crippen LogP contribution in [0.15, 0.2) is 83.6 Å². The Morgan fingerprint density at radius 2 is 1.84 bits per heavy atom. The molecule has 1 saturated carbocycles. The quantitative estimate of drug-likeness (QED) is 0.461. The molecule has 3 aliphatic rings. The highest BCUT2D eigenvalue weighted by Gasteiger charge is 2.50. The Hall–Kier alpha value is -3.47. The first-order chi connectivity index (χ1) is 15.0. The van der Waals surface area contributed by atoms with Gasteiger partial charge in [0.05, 0.1) is 17.5 Å². The lowest BCUT2D eigenvalue weighted by molar-refractivity contribution is -0.00126. The zero-order valence-corrected chi connectivity index (χ0v) is 17.8. The lowest BCUT2D eigenvalue weighted by Crippen LogP contribution is -2.48. The van der Waals surface area contributed by atoms with E-state index in [2.05, 4.69) is 30.5 Å². The number of aromatic nitrogens is 2. The Labute approximate surface area is 182 Å². The van der Waals surface area contributed by atoms with E-state index in [1.165, 1.54) is 12.0 Å². The van der Waals surface area contributed by atoms with Gasteiger partial charge in [0.2, 0.25) is 0 Å². The van der Waals surface area contributed by atoms with Crippen molar-refractivity contribution in [1.29, 1.82) is 0 Å². The zero-order valence-electron chi connectivity index (χ0n) is 17.8. The summed E-state index contributed by atoms with van der Waals surface area (Å²) in [5.41, 5.74) is 7.21. The van der Waals surface area contributed by atoms with Gasteiger partial charge in [-0.25, -0.2) is 10.1 Å². The minimum absolute atomic E-state index is 0.264. The van der Waals surface area contributed by atoms with E-state index in [9.17, 15) is 4.79 Å². The van der Waals surface area contributed by atoms with Crippen molar-refractivity contribution in [2.45, 2.75) is 26.7 Å². The molecule has 1 N–H and O–H groups in total. The van der Waals surface area contributed by atoms with Gasteiger partial charge in [-0.05, 0) is 47.8 Å². The topological polar surface area (TPSA) is 59.3 Å². The summed E-state index contributed by atoms with van der Waals surface area (Å²) in [6.45, 7) is 4.66. The van der Waals surface area contributed by atoms with E-state index in [4.69, 9.17) is 5.10 Å². The van der Waals surface area contributed by atoms with Crippen LogP contribution in [0.3, 0.4) is 0 Å². The first kappa shape index (κ1) is 19.5. The Kier molecular flexibility index (Phi) is 4.81.